The second kappa shape index (κ2) is 10.2. The van der Waals surface area contributed by atoms with Gasteiger partial charge in [0.25, 0.3) is 5.91 Å². The number of anilines is 1. The van der Waals surface area contributed by atoms with Crippen LogP contribution >= 0.6 is 0 Å². The summed E-state index contributed by atoms with van der Waals surface area (Å²) >= 11 is 0. The molecule has 1 atom stereocenters. The zero-order valence-electron chi connectivity index (χ0n) is 19.7. The van der Waals surface area contributed by atoms with E-state index in [9.17, 15) is 18.4 Å². The fourth-order valence-electron chi connectivity index (χ4n) is 5.72. The summed E-state index contributed by atoms with van der Waals surface area (Å²) in [5, 5.41) is 6.49. The first-order valence-electron chi connectivity index (χ1n) is 12.1. The molecule has 3 saturated heterocycles. The molecule has 3 aliphatic rings. The molecule has 0 aliphatic carbocycles. The van der Waals surface area contributed by atoms with Gasteiger partial charge in [-0.2, -0.15) is 0 Å². The van der Waals surface area contributed by atoms with Crippen molar-refractivity contribution in [1.82, 2.24) is 5.16 Å². The van der Waals surface area contributed by atoms with Crippen LogP contribution in [-0.2, 0) is 14.3 Å². The lowest BCUT2D eigenvalue weighted by Gasteiger charge is -2.52. The number of halogens is 2. The van der Waals surface area contributed by atoms with Crippen LogP contribution in [0.15, 0.2) is 65.4 Å². The highest BCUT2D eigenvalue weighted by molar-refractivity contribution is 5.90. The van der Waals surface area contributed by atoms with Crippen LogP contribution in [0.1, 0.15) is 36.5 Å². The van der Waals surface area contributed by atoms with Crippen molar-refractivity contribution in [3.05, 3.63) is 83.6 Å². The standard InChI is InChI=1S/C27H27F2N3O4/c28-22-5-1-3-19(13-22)27(20-4-2-6-23(29)14-20)36-26(34)15-21-16-32(10-7-18(21)8-11-32)17-25(33)30-24-9-12-35-31-24/h1-6,9,12-14,18,21,27H,7-8,10-11,15-17H2/p+1/t18?,21-,32?/m0/s1. The van der Waals surface area contributed by atoms with Gasteiger partial charge < -0.3 is 19.1 Å². The first-order chi connectivity index (χ1) is 17.4. The number of esters is 1. The minimum atomic E-state index is -0.915. The van der Waals surface area contributed by atoms with Crippen molar-refractivity contribution < 1.29 is 32.1 Å². The molecule has 1 aromatic heterocycles. The van der Waals surface area contributed by atoms with Crippen molar-refractivity contribution >= 4 is 17.7 Å². The van der Waals surface area contributed by atoms with E-state index in [1.807, 2.05) is 0 Å². The molecule has 2 bridgehead atoms. The molecule has 0 unspecified atom stereocenters. The Kier molecular flexibility index (Phi) is 6.82. The maximum Gasteiger partial charge on any atom is 0.307 e. The van der Waals surface area contributed by atoms with Crippen molar-refractivity contribution in [3.8, 4) is 0 Å². The molecule has 4 heterocycles. The highest BCUT2D eigenvalue weighted by Crippen LogP contribution is 2.40. The molecule has 1 amide bonds. The molecule has 0 radical (unpaired) electrons. The van der Waals surface area contributed by atoms with Gasteiger partial charge in [-0.15, -0.1) is 0 Å². The van der Waals surface area contributed by atoms with Gasteiger partial charge in [0.1, 0.15) is 17.9 Å². The maximum absolute atomic E-state index is 13.9. The zero-order valence-corrected chi connectivity index (χ0v) is 19.7. The lowest BCUT2D eigenvalue weighted by atomic mass is 9.75. The monoisotopic (exact) mass is 496 g/mol. The Morgan fingerprint density at radius 3 is 2.31 bits per heavy atom. The third kappa shape index (κ3) is 5.46. The number of carbonyl (C=O) groups excluding carboxylic acids is 2. The fourth-order valence-corrected chi connectivity index (χ4v) is 5.72. The second-order valence-electron chi connectivity index (χ2n) is 9.84. The van der Waals surface area contributed by atoms with Gasteiger partial charge in [0.15, 0.2) is 18.5 Å². The highest BCUT2D eigenvalue weighted by atomic mass is 19.1. The fraction of sp³-hybridized carbons (Fsp3) is 0.370. The van der Waals surface area contributed by atoms with Crippen LogP contribution < -0.4 is 5.32 Å². The normalized spacial score (nSPS) is 23.0. The third-order valence-electron chi connectivity index (χ3n) is 7.40. The van der Waals surface area contributed by atoms with Crippen LogP contribution in [0.4, 0.5) is 14.6 Å². The molecule has 6 rings (SSSR count). The number of nitrogens with zero attached hydrogens (tertiary/aromatic N) is 2. The lowest BCUT2D eigenvalue weighted by molar-refractivity contribution is -0.939. The van der Waals surface area contributed by atoms with Gasteiger partial charge in [-0.3, -0.25) is 9.59 Å². The third-order valence-corrected chi connectivity index (χ3v) is 7.40. The number of hydrogen-bond donors (Lipinski definition) is 1. The summed E-state index contributed by atoms with van der Waals surface area (Å²) in [5.74, 6) is -0.639. The number of benzene rings is 2. The number of fused-ring (bicyclic) bond motifs is 3. The average molecular weight is 497 g/mol. The predicted octanol–water partition coefficient (Wildman–Crippen LogP) is 4.47. The van der Waals surface area contributed by atoms with Gasteiger partial charge >= 0.3 is 5.97 Å². The number of ether oxygens (including phenoxy) is 1. The van der Waals surface area contributed by atoms with Crippen molar-refractivity contribution in [2.75, 3.05) is 31.5 Å². The molecule has 3 fully saturated rings. The smallest absolute Gasteiger partial charge is 0.307 e. The lowest BCUT2D eigenvalue weighted by Crippen LogP contribution is -2.64. The molecule has 36 heavy (non-hydrogen) atoms. The van der Waals surface area contributed by atoms with Crippen LogP contribution in [0.25, 0.3) is 0 Å². The first-order valence-corrected chi connectivity index (χ1v) is 12.1. The Morgan fingerprint density at radius 2 is 1.72 bits per heavy atom. The van der Waals surface area contributed by atoms with Crippen molar-refractivity contribution in [2.45, 2.75) is 25.4 Å². The molecule has 0 spiro atoms. The SMILES string of the molecule is O=C(C[N+]12CCC(CC1)[C@@H](CC(=O)OC(c1cccc(F)c1)c1cccc(F)c1)C2)Nc1ccon1. The van der Waals surface area contributed by atoms with Crippen LogP contribution in [-0.4, -0.2) is 47.7 Å². The van der Waals surface area contributed by atoms with Crippen molar-refractivity contribution in [1.29, 1.82) is 0 Å². The Hall–Kier alpha value is -3.59. The number of amides is 1. The summed E-state index contributed by atoms with van der Waals surface area (Å²) in [6, 6.07) is 13.2. The largest absolute Gasteiger partial charge is 0.453 e. The number of aromatic nitrogens is 1. The summed E-state index contributed by atoms with van der Waals surface area (Å²) < 4.78 is 39.1. The van der Waals surface area contributed by atoms with Crippen LogP contribution in [0.5, 0.6) is 0 Å². The number of carbonyl (C=O) groups is 2. The molecule has 3 aromatic rings. The van der Waals surface area contributed by atoms with Crippen LogP contribution in [0, 0.1) is 23.5 Å². The number of quaternary nitrogens is 1. The van der Waals surface area contributed by atoms with E-state index >= 15 is 0 Å². The summed E-state index contributed by atoms with van der Waals surface area (Å²) in [4.78, 5) is 25.8. The maximum atomic E-state index is 13.9. The molecular weight excluding hydrogens is 468 g/mol. The Morgan fingerprint density at radius 1 is 1.06 bits per heavy atom. The topological polar surface area (TPSA) is 81.4 Å². The highest BCUT2D eigenvalue weighted by Gasteiger charge is 2.47. The van der Waals surface area contributed by atoms with Crippen LogP contribution in [0.3, 0.4) is 0 Å². The molecule has 3 aliphatic heterocycles. The van der Waals surface area contributed by atoms with Gasteiger partial charge in [0.05, 0.1) is 26.1 Å². The van der Waals surface area contributed by atoms with Gasteiger partial charge in [-0.05, 0) is 41.3 Å². The van der Waals surface area contributed by atoms with E-state index in [1.54, 1.807) is 18.2 Å². The first kappa shape index (κ1) is 24.1. The Bertz CT molecular complexity index is 1180. The average Bonchev–Trinajstić information content (AvgIpc) is 3.36. The number of nitrogens with one attached hydrogen (secondary N) is 1. The van der Waals surface area contributed by atoms with E-state index in [0.717, 1.165) is 25.9 Å². The van der Waals surface area contributed by atoms with Gasteiger partial charge in [-0.25, -0.2) is 8.78 Å². The Balaban J connectivity index is 1.27. The summed E-state index contributed by atoms with van der Waals surface area (Å²) in [6.45, 7) is 2.78. The van der Waals surface area contributed by atoms with E-state index in [-0.39, 0.29) is 18.2 Å². The molecule has 9 heteroatoms. The van der Waals surface area contributed by atoms with Crippen LogP contribution in [0.2, 0.25) is 0 Å². The number of hydrogen-bond acceptors (Lipinski definition) is 5. The van der Waals surface area contributed by atoms with Crippen molar-refractivity contribution in [2.24, 2.45) is 11.8 Å². The predicted molar refractivity (Wildman–Crippen MR) is 126 cm³/mol. The van der Waals surface area contributed by atoms with E-state index in [0.29, 0.717) is 40.4 Å². The second-order valence-corrected chi connectivity index (χ2v) is 9.84. The quantitative estimate of drug-likeness (QED) is 0.368. The molecule has 0 saturated carbocycles. The Labute approximate surface area is 207 Å². The molecule has 2 aromatic carbocycles. The molecule has 7 nitrogen and oxygen atoms in total. The molecule has 188 valence electrons. The molecular formula is C27H28F2N3O4+. The van der Waals surface area contributed by atoms with E-state index in [2.05, 4.69) is 10.5 Å². The van der Waals surface area contributed by atoms with Gasteiger partial charge in [-0.1, -0.05) is 29.4 Å². The minimum absolute atomic E-state index is 0.0699. The van der Waals surface area contributed by atoms with E-state index < -0.39 is 23.7 Å². The number of piperidine rings is 3. The summed E-state index contributed by atoms with van der Waals surface area (Å²) in [5.41, 5.74) is 0.881. The van der Waals surface area contributed by atoms with E-state index in [1.165, 1.54) is 42.7 Å². The molecule has 1 N–H and O–H groups in total. The minimum Gasteiger partial charge on any atom is -0.453 e. The summed E-state index contributed by atoms with van der Waals surface area (Å²) in [6.07, 6.45) is 2.55. The zero-order chi connectivity index (χ0) is 25.1. The number of rotatable bonds is 8. The van der Waals surface area contributed by atoms with Gasteiger partial charge in [0.2, 0.25) is 0 Å². The van der Waals surface area contributed by atoms with E-state index in [4.69, 9.17) is 9.26 Å². The van der Waals surface area contributed by atoms with Gasteiger partial charge in [0, 0.05) is 24.8 Å². The van der Waals surface area contributed by atoms with Crippen molar-refractivity contribution in [3.63, 3.8) is 0 Å². The summed E-state index contributed by atoms with van der Waals surface area (Å²) in [7, 11) is 0.